The number of fused-ring (bicyclic) bond motifs is 1. The van der Waals surface area contributed by atoms with Crippen molar-refractivity contribution in [3.63, 3.8) is 0 Å². The maximum Gasteiger partial charge on any atom is 0.355 e. The number of carboxylic acids is 2. The van der Waals surface area contributed by atoms with Crippen LogP contribution in [0, 0.1) is 24.6 Å². The lowest BCUT2D eigenvalue weighted by Crippen LogP contribution is -2.21. The molecular weight excluding hydrogens is 670 g/mol. The van der Waals surface area contributed by atoms with Crippen LogP contribution in [-0.4, -0.2) is 81.0 Å². The molecule has 3 N–H and O–H groups in total. The Hall–Kier alpha value is -5.17. The van der Waals surface area contributed by atoms with E-state index in [0.717, 1.165) is 15.8 Å². The number of benzene rings is 2. The van der Waals surface area contributed by atoms with E-state index in [1.807, 2.05) is 50.2 Å². The Morgan fingerprint density at radius 3 is 2.57 bits per heavy atom. The van der Waals surface area contributed by atoms with Gasteiger partial charge in [0.15, 0.2) is 39.2 Å². The molecule has 0 saturated heterocycles. The molecule has 2 aromatic carbocycles. The minimum atomic E-state index is -1.20. The number of rotatable bonds is 15. The summed E-state index contributed by atoms with van der Waals surface area (Å²) in [5.74, 6) is 4.18. The summed E-state index contributed by atoms with van der Waals surface area (Å²) in [5.41, 5.74) is 2.04. The molecule has 0 fully saturated rings. The van der Waals surface area contributed by atoms with Crippen molar-refractivity contribution in [2.75, 3.05) is 44.0 Å². The Balaban J connectivity index is 1.29. The zero-order chi connectivity index (χ0) is 34.9. The van der Waals surface area contributed by atoms with E-state index in [0.29, 0.717) is 51.7 Å². The van der Waals surface area contributed by atoms with E-state index in [2.05, 4.69) is 37.3 Å². The van der Waals surface area contributed by atoms with Crippen LogP contribution in [0.25, 0.3) is 10.2 Å². The fourth-order valence-electron chi connectivity index (χ4n) is 4.65. The van der Waals surface area contributed by atoms with Crippen molar-refractivity contribution in [2.24, 2.45) is 0 Å². The summed E-state index contributed by atoms with van der Waals surface area (Å²) < 4.78 is 21.3. The highest BCUT2D eigenvalue weighted by Crippen LogP contribution is 2.34. The molecule has 12 nitrogen and oxygen atoms in total. The van der Waals surface area contributed by atoms with Crippen molar-refractivity contribution in [2.45, 2.75) is 32.6 Å². The summed E-state index contributed by atoms with van der Waals surface area (Å²) in [6.07, 6.45) is 0.879. The summed E-state index contributed by atoms with van der Waals surface area (Å²) in [6.45, 7) is 2.77. The summed E-state index contributed by atoms with van der Waals surface area (Å²) >= 11 is 2.66. The molecule has 5 rings (SSSR count). The Morgan fingerprint density at radius 2 is 1.86 bits per heavy atom. The van der Waals surface area contributed by atoms with Crippen LogP contribution in [0.15, 0.2) is 48.5 Å². The van der Waals surface area contributed by atoms with Gasteiger partial charge in [-0.05, 0) is 82.2 Å². The third-order valence-corrected chi connectivity index (χ3v) is 9.11. The topological polar surface area (TPSA) is 154 Å². The van der Waals surface area contributed by atoms with E-state index in [1.54, 1.807) is 17.0 Å². The highest BCUT2D eigenvalue weighted by atomic mass is 32.1. The van der Waals surface area contributed by atoms with Gasteiger partial charge in [0.1, 0.15) is 0 Å². The van der Waals surface area contributed by atoms with Gasteiger partial charge >= 0.3 is 11.9 Å². The smallest absolute Gasteiger partial charge is 0.355 e. The highest BCUT2D eigenvalue weighted by molar-refractivity contribution is 7.22. The number of carboxylic acid groups (broad SMARTS) is 2. The maximum atomic E-state index is 14.6. The number of hydrogen-bond acceptors (Lipinski definition) is 12. The van der Waals surface area contributed by atoms with E-state index in [9.17, 15) is 24.2 Å². The van der Waals surface area contributed by atoms with Gasteiger partial charge in [-0.3, -0.25) is 9.69 Å². The van der Waals surface area contributed by atoms with Gasteiger partial charge < -0.3 is 25.2 Å². The molecule has 0 spiro atoms. The molecule has 0 unspecified atom stereocenters. The average Bonchev–Trinajstić information content (AvgIpc) is 3.67. The number of aliphatic carboxylic acids is 1. The molecule has 0 radical (unpaired) electrons. The van der Waals surface area contributed by atoms with Gasteiger partial charge in [-0.25, -0.2) is 19.2 Å². The van der Waals surface area contributed by atoms with Gasteiger partial charge in [0.05, 0.1) is 23.4 Å². The maximum absolute atomic E-state index is 14.6. The minimum Gasteiger partial charge on any atom is -0.491 e. The minimum absolute atomic E-state index is 0.0845. The molecule has 49 heavy (non-hydrogen) atoms. The summed E-state index contributed by atoms with van der Waals surface area (Å²) in [5, 5.41) is 32.2. The Labute approximate surface area is 290 Å². The first-order valence-corrected chi connectivity index (χ1v) is 17.0. The standard InChI is InChI=1S/C34H34FN7O5S2/c1-21-19-28(39-40-31(21)38-33-36-24-10-4-5-11-26(24)48-33)42(17-7-13-29(43)44)34-37-30(32(45)46)27(49-34)12-8-18-47-25-15-14-22(20-23(25)35)9-6-16-41(2)3/h4-5,10-11,14-15,19-20H,7-8,12-13,16-18H2,1-3H3,(H,43,44)(H,45,46)(H,36,38,40). The number of nitrogens with one attached hydrogen (secondary N) is 1. The molecule has 15 heteroatoms. The summed E-state index contributed by atoms with van der Waals surface area (Å²) in [7, 11) is 3.80. The number of ether oxygens (including phenoxy) is 1. The number of anilines is 4. The third-order valence-electron chi connectivity index (χ3n) is 7.02. The van der Waals surface area contributed by atoms with Crippen LogP contribution in [0.4, 0.5) is 26.3 Å². The SMILES string of the molecule is Cc1cc(N(CCCC(=O)O)c2nc(C(=O)O)c(CCCOc3ccc(C#CCN(C)C)cc3F)s2)nnc1Nc1nc2ccccc2s1. The number of aryl methyl sites for hydroxylation is 2. The van der Waals surface area contributed by atoms with Crippen molar-refractivity contribution in [1.29, 1.82) is 0 Å². The molecule has 3 heterocycles. The lowest BCUT2D eigenvalue weighted by molar-refractivity contribution is -0.137. The zero-order valence-corrected chi connectivity index (χ0v) is 28.7. The lowest BCUT2D eigenvalue weighted by atomic mass is 10.2. The number of para-hydroxylation sites is 1. The average molecular weight is 704 g/mol. The van der Waals surface area contributed by atoms with Crippen LogP contribution in [0.3, 0.4) is 0 Å². The second kappa shape index (κ2) is 16.3. The predicted octanol–water partition coefficient (Wildman–Crippen LogP) is 6.36. The fourth-order valence-corrected chi connectivity index (χ4v) is 6.64. The highest BCUT2D eigenvalue weighted by Gasteiger charge is 2.23. The van der Waals surface area contributed by atoms with E-state index in [-0.39, 0.29) is 37.4 Å². The number of hydrogen-bond donors (Lipinski definition) is 3. The predicted molar refractivity (Wildman–Crippen MR) is 188 cm³/mol. The van der Waals surface area contributed by atoms with E-state index < -0.39 is 17.8 Å². The molecule has 0 aliphatic carbocycles. The molecule has 0 bridgehead atoms. The number of nitrogens with zero attached hydrogens (tertiary/aromatic N) is 6. The normalized spacial score (nSPS) is 11.0. The second-order valence-electron chi connectivity index (χ2n) is 11.2. The fraction of sp³-hybridized carbons (Fsp3) is 0.294. The van der Waals surface area contributed by atoms with Gasteiger partial charge in [-0.15, -0.1) is 21.5 Å². The molecule has 0 atom stereocenters. The summed E-state index contributed by atoms with van der Waals surface area (Å²) in [4.78, 5) is 36.6. The molecule has 0 amide bonds. The van der Waals surface area contributed by atoms with Gasteiger partial charge in [-0.1, -0.05) is 35.3 Å². The molecule has 5 aromatic rings. The van der Waals surface area contributed by atoms with Crippen LogP contribution in [0.2, 0.25) is 0 Å². The van der Waals surface area contributed by atoms with E-state index in [1.165, 1.54) is 34.8 Å². The second-order valence-corrected chi connectivity index (χ2v) is 13.3. The van der Waals surface area contributed by atoms with Crippen LogP contribution >= 0.6 is 22.7 Å². The van der Waals surface area contributed by atoms with Crippen LogP contribution in [0.5, 0.6) is 5.75 Å². The van der Waals surface area contributed by atoms with Crippen LogP contribution < -0.4 is 15.0 Å². The van der Waals surface area contributed by atoms with Crippen LogP contribution in [-0.2, 0) is 11.2 Å². The van der Waals surface area contributed by atoms with Crippen molar-refractivity contribution < 1.29 is 28.9 Å². The summed E-state index contributed by atoms with van der Waals surface area (Å²) in [6, 6.07) is 14.1. The first kappa shape index (κ1) is 35.1. The van der Waals surface area contributed by atoms with E-state index in [4.69, 9.17) is 4.74 Å². The molecule has 254 valence electrons. The third kappa shape index (κ3) is 9.47. The Bertz CT molecular complexity index is 1990. The zero-order valence-electron chi connectivity index (χ0n) is 27.1. The van der Waals surface area contributed by atoms with Crippen molar-refractivity contribution in [1.82, 2.24) is 25.1 Å². The first-order valence-electron chi connectivity index (χ1n) is 15.3. The Kier molecular flexibility index (Phi) is 11.7. The van der Waals surface area contributed by atoms with Crippen LogP contribution in [0.1, 0.15) is 45.8 Å². The number of halogens is 1. The van der Waals surface area contributed by atoms with Crippen molar-refractivity contribution in [3.05, 3.63) is 76.0 Å². The van der Waals surface area contributed by atoms with Crippen molar-refractivity contribution >= 4 is 66.7 Å². The number of aromatic nitrogens is 4. The van der Waals surface area contributed by atoms with Crippen molar-refractivity contribution in [3.8, 4) is 17.6 Å². The molecular formula is C34H34FN7O5S2. The quantitative estimate of drug-likeness (QED) is 0.0821. The number of carbonyl (C=O) groups is 2. The van der Waals surface area contributed by atoms with E-state index >= 15 is 0 Å². The molecule has 0 aliphatic heterocycles. The molecule has 0 aliphatic rings. The van der Waals surface area contributed by atoms with Gasteiger partial charge in [0, 0.05) is 23.4 Å². The molecule has 3 aromatic heterocycles. The molecule has 0 saturated carbocycles. The van der Waals surface area contributed by atoms with Gasteiger partial charge in [-0.2, -0.15) is 0 Å². The Morgan fingerprint density at radius 1 is 1.04 bits per heavy atom. The van der Waals surface area contributed by atoms with Gasteiger partial charge in [0.2, 0.25) is 0 Å². The van der Waals surface area contributed by atoms with Gasteiger partial charge in [0.25, 0.3) is 0 Å². The number of thiazole rings is 2. The first-order chi connectivity index (χ1) is 23.6. The monoisotopic (exact) mass is 703 g/mol. The number of aromatic carboxylic acids is 1. The largest absolute Gasteiger partial charge is 0.491 e. The lowest BCUT2D eigenvalue weighted by Gasteiger charge is -2.21.